The van der Waals surface area contributed by atoms with Crippen molar-refractivity contribution in [3.63, 3.8) is 0 Å². The number of fused-ring (bicyclic) bond motifs is 1. The first-order valence-electron chi connectivity index (χ1n) is 7.62. The summed E-state index contributed by atoms with van der Waals surface area (Å²) in [5, 5.41) is 8.44. The number of amides is 3. The molecule has 3 N–H and O–H groups in total. The molecule has 2 aromatic rings. The molecule has 3 amide bonds. The summed E-state index contributed by atoms with van der Waals surface area (Å²) in [6.07, 6.45) is 5.73. The lowest BCUT2D eigenvalue weighted by molar-refractivity contribution is -0.115. The molecular weight excluding hydrogens is 302 g/mol. The number of terminal acetylenes is 1. The van der Waals surface area contributed by atoms with Crippen molar-refractivity contribution in [2.75, 3.05) is 10.6 Å². The van der Waals surface area contributed by atoms with Gasteiger partial charge in [0.05, 0.1) is 12.5 Å². The molecule has 5 nitrogen and oxygen atoms in total. The maximum absolute atomic E-state index is 12.1. The lowest BCUT2D eigenvalue weighted by atomic mass is 10.0. The van der Waals surface area contributed by atoms with Crippen LogP contribution in [-0.4, -0.2) is 11.9 Å². The number of nitrogens with one attached hydrogen (secondary N) is 3. The second-order valence-corrected chi connectivity index (χ2v) is 5.69. The fourth-order valence-corrected chi connectivity index (χ4v) is 2.65. The van der Waals surface area contributed by atoms with Crippen LogP contribution in [0.2, 0.25) is 0 Å². The van der Waals surface area contributed by atoms with Gasteiger partial charge in [-0.1, -0.05) is 24.1 Å². The molecule has 5 heteroatoms. The van der Waals surface area contributed by atoms with Crippen molar-refractivity contribution in [3.05, 3.63) is 59.2 Å². The van der Waals surface area contributed by atoms with Crippen molar-refractivity contribution in [3.8, 4) is 12.3 Å². The molecular formula is C19H17N3O2. The zero-order valence-electron chi connectivity index (χ0n) is 13.2. The second-order valence-electron chi connectivity index (χ2n) is 5.69. The Labute approximate surface area is 140 Å². The molecule has 1 aliphatic heterocycles. The summed E-state index contributed by atoms with van der Waals surface area (Å²) in [5.41, 5.74) is 4.08. The van der Waals surface area contributed by atoms with Gasteiger partial charge in [0.15, 0.2) is 0 Å². The monoisotopic (exact) mass is 319 g/mol. The molecule has 0 fully saturated rings. The van der Waals surface area contributed by atoms with E-state index in [0.29, 0.717) is 17.7 Å². The molecule has 0 unspecified atom stereocenters. The second kappa shape index (κ2) is 6.47. The summed E-state index contributed by atoms with van der Waals surface area (Å²) in [4.78, 5) is 23.6. The number of anilines is 2. The number of hydrogen-bond donors (Lipinski definition) is 3. The van der Waals surface area contributed by atoms with Gasteiger partial charge in [0.25, 0.3) is 0 Å². The molecule has 0 radical (unpaired) electrons. The molecule has 1 heterocycles. The molecule has 120 valence electrons. The number of carbonyl (C=O) groups excluding carboxylic acids is 2. The van der Waals surface area contributed by atoms with Crippen LogP contribution in [0, 0.1) is 12.3 Å². The van der Waals surface area contributed by atoms with E-state index in [1.165, 1.54) is 0 Å². The minimum atomic E-state index is -0.314. The van der Waals surface area contributed by atoms with Gasteiger partial charge in [-0.05, 0) is 42.3 Å². The number of hydrogen-bond acceptors (Lipinski definition) is 2. The molecule has 2 aromatic carbocycles. The van der Waals surface area contributed by atoms with E-state index in [-0.39, 0.29) is 18.0 Å². The van der Waals surface area contributed by atoms with E-state index in [1.807, 2.05) is 25.1 Å². The first-order chi connectivity index (χ1) is 11.5. The van der Waals surface area contributed by atoms with Crippen molar-refractivity contribution in [2.45, 2.75) is 19.4 Å². The number of benzene rings is 2. The standard InChI is InChI=1S/C19H17N3O2/c1-3-13-5-4-6-16(9-13)21-19(24)20-12(2)14-7-8-17-15(10-14)11-18(23)22-17/h1,4-10,12H,11H2,2H3,(H,22,23)(H2,20,21,24)/t12-/m0/s1. The number of urea groups is 1. The Hall–Kier alpha value is -3.26. The summed E-state index contributed by atoms with van der Waals surface area (Å²) >= 11 is 0. The third kappa shape index (κ3) is 3.39. The lowest BCUT2D eigenvalue weighted by Crippen LogP contribution is -2.31. The molecule has 0 aliphatic carbocycles. The highest BCUT2D eigenvalue weighted by atomic mass is 16.2. The predicted molar refractivity (Wildman–Crippen MR) is 93.7 cm³/mol. The Kier molecular flexibility index (Phi) is 4.21. The van der Waals surface area contributed by atoms with Gasteiger partial charge in [-0.3, -0.25) is 4.79 Å². The number of carbonyl (C=O) groups is 2. The Balaban J connectivity index is 1.65. The molecule has 0 saturated heterocycles. The maximum atomic E-state index is 12.1. The van der Waals surface area contributed by atoms with E-state index in [2.05, 4.69) is 21.9 Å². The van der Waals surface area contributed by atoms with E-state index >= 15 is 0 Å². The van der Waals surface area contributed by atoms with E-state index in [0.717, 1.165) is 16.8 Å². The Morgan fingerprint density at radius 1 is 1.29 bits per heavy atom. The normalized spacial score (nSPS) is 13.4. The third-order valence-electron chi connectivity index (χ3n) is 3.89. The molecule has 0 bridgehead atoms. The lowest BCUT2D eigenvalue weighted by Gasteiger charge is -2.16. The van der Waals surface area contributed by atoms with E-state index < -0.39 is 0 Å². The minimum Gasteiger partial charge on any atom is -0.331 e. The summed E-state index contributed by atoms with van der Waals surface area (Å²) < 4.78 is 0. The fourth-order valence-electron chi connectivity index (χ4n) is 2.65. The SMILES string of the molecule is C#Cc1cccc(NC(=O)N[C@@H](C)c2ccc3c(c2)CC(=O)N3)c1. The highest BCUT2D eigenvalue weighted by molar-refractivity contribution is 5.99. The van der Waals surface area contributed by atoms with Gasteiger partial charge in [-0.15, -0.1) is 6.42 Å². The van der Waals surface area contributed by atoms with Crippen LogP contribution >= 0.6 is 0 Å². The van der Waals surface area contributed by atoms with E-state index in [9.17, 15) is 9.59 Å². The molecule has 1 atom stereocenters. The highest BCUT2D eigenvalue weighted by Crippen LogP contribution is 2.26. The van der Waals surface area contributed by atoms with Crippen LogP contribution in [0.25, 0.3) is 0 Å². The van der Waals surface area contributed by atoms with E-state index in [4.69, 9.17) is 6.42 Å². The van der Waals surface area contributed by atoms with Gasteiger partial charge in [-0.25, -0.2) is 4.79 Å². The van der Waals surface area contributed by atoms with E-state index in [1.54, 1.807) is 24.3 Å². The third-order valence-corrected chi connectivity index (χ3v) is 3.89. The predicted octanol–water partition coefficient (Wildman–Crippen LogP) is 3.05. The maximum Gasteiger partial charge on any atom is 0.319 e. The Morgan fingerprint density at radius 3 is 2.92 bits per heavy atom. The van der Waals surface area contributed by atoms with Crippen LogP contribution < -0.4 is 16.0 Å². The van der Waals surface area contributed by atoms with Crippen LogP contribution in [0.4, 0.5) is 16.2 Å². The first-order valence-corrected chi connectivity index (χ1v) is 7.62. The summed E-state index contributed by atoms with van der Waals surface area (Å²) in [6, 6.07) is 12.3. The average Bonchev–Trinajstić information content (AvgIpc) is 2.93. The van der Waals surface area contributed by atoms with Gasteiger partial charge in [-0.2, -0.15) is 0 Å². The molecule has 0 spiro atoms. The first kappa shape index (κ1) is 15.6. The molecule has 0 saturated carbocycles. The summed E-state index contributed by atoms with van der Waals surface area (Å²) in [5.74, 6) is 2.52. The fraction of sp³-hybridized carbons (Fsp3) is 0.158. The van der Waals surface area contributed by atoms with Crippen LogP contribution in [0.1, 0.15) is 29.7 Å². The van der Waals surface area contributed by atoms with Crippen LogP contribution in [0.5, 0.6) is 0 Å². The van der Waals surface area contributed by atoms with Crippen LogP contribution in [-0.2, 0) is 11.2 Å². The summed E-state index contributed by atoms with van der Waals surface area (Å²) in [7, 11) is 0. The Morgan fingerprint density at radius 2 is 2.12 bits per heavy atom. The van der Waals surface area contributed by atoms with Gasteiger partial charge in [0.2, 0.25) is 5.91 Å². The van der Waals surface area contributed by atoms with Gasteiger partial charge < -0.3 is 16.0 Å². The van der Waals surface area contributed by atoms with Crippen molar-refractivity contribution >= 4 is 23.3 Å². The minimum absolute atomic E-state index is 0.00565. The van der Waals surface area contributed by atoms with Crippen LogP contribution in [0.3, 0.4) is 0 Å². The largest absolute Gasteiger partial charge is 0.331 e. The molecule has 24 heavy (non-hydrogen) atoms. The summed E-state index contributed by atoms with van der Waals surface area (Å²) in [6.45, 7) is 1.89. The van der Waals surface area contributed by atoms with Crippen molar-refractivity contribution in [1.29, 1.82) is 0 Å². The zero-order valence-corrected chi connectivity index (χ0v) is 13.2. The smallest absolute Gasteiger partial charge is 0.319 e. The molecule has 1 aliphatic rings. The van der Waals surface area contributed by atoms with Crippen molar-refractivity contribution < 1.29 is 9.59 Å². The number of rotatable bonds is 3. The van der Waals surface area contributed by atoms with Crippen LogP contribution in [0.15, 0.2) is 42.5 Å². The molecule has 0 aromatic heterocycles. The van der Waals surface area contributed by atoms with Gasteiger partial charge >= 0.3 is 6.03 Å². The van der Waals surface area contributed by atoms with Gasteiger partial charge in [0, 0.05) is 16.9 Å². The quantitative estimate of drug-likeness (QED) is 0.761. The zero-order chi connectivity index (χ0) is 17.1. The molecule has 3 rings (SSSR count). The topological polar surface area (TPSA) is 70.2 Å². The van der Waals surface area contributed by atoms with Gasteiger partial charge in [0.1, 0.15) is 0 Å². The average molecular weight is 319 g/mol. The van der Waals surface area contributed by atoms with Crippen molar-refractivity contribution in [1.82, 2.24) is 5.32 Å². The Bertz CT molecular complexity index is 852. The highest BCUT2D eigenvalue weighted by Gasteiger charge is 2.19. The van der Waals surface area contributed by atoms with Crippen molar-refractivity contribution in [2.24, 2.45) is 0 Å².